The smallest absolute Gasteiger partial charge is 0.304 e. The van der Waals surface area contributed by atoms with Crippen LogP contribution in [0, 0.1) is 11.6 Å². The lowest BCUT2D eigenvalue weighted by Crippen LogP contribution is -2.23. The van der Waals surface area contributed by atoms with E-state index in [-0.39, 0.29) is 12.0 Å². The van der Waals surface area contributed by atoms with Crippen molar-refractivity contribution < 1.29 is 23.8 Å². The van der Waals surface area contributed by atoms with E-state index < -0.39 is 28.8 Å². The average molecular weight is 230 g/mol. The van der Waals surface area contributed by atoms with Crippen LogP contribution in [0.5, 0.6) is 5.75 Å². The van der Waals surface area contributed by atoms with Gasteiger partial charge in [0.25, 0.3) is 0 Å². The SMILES string of the molecule is CC(C)(CC(=O)O)c1cc(O)c(F)cc1F. The van der Waals surface area contributed by atoms with E-state index in [9.17, 15) is 13.6 Å². The van der Waals surface area contributed by atoms with Crippen LogP contribution in [0.1, 0.15) is 25.8 Å². The Labute approximate surface area is 91.3 Å². The summed E-state index contributed by atoms with van der Waals surface area (Å²) in [5.74, 6) is -3.70. The second-order valence-corrected chi connectivity index (χ2v) is 4.24. The van der Waals surface area contributed by atoms with E-state index in [1.54, 1.807) is 0 Å². The quantitative estimate of drug-likeness (QED) is 0.838. The van der Waals surface area contributed by atoms with Crippen LogP contribution >= 0.6 is 0 Å². The maximum Gasteiger partial charge on any atom is 0.304 e. The number of halogens is 2. The molecular weight excluding hydrogens is 218 g/mol. The van der Waals surface area contributed by atoms with Crippen LogP contribution in [-0.2, 0) is 10.2 Å². The highest BCUT2D eigenvalue weighted by Gasteiger charge is 2.28. The Hall–Kier alpha value is -1.65. The van der Waals surface area contributed by atoms with E-state index in [0.717, 1.165) is 6.07 Å². The molecule has 1 aromatic carbocycles. The van der Waals surface area contributed by atoms with Crippen LogP contribution in [0.25, 0.3) is 0 Å². The summed E-state index contributed by atoms with van der Waals surface area (Å²) in [5.41, 5.74) is -1.03. The molecule has 1 rings (SSSR count). The molecule has 16 heavy (non-hydrogen) atoms. The van der Waals surface area contributed by atoms with Crippen molar-refractivity contribution in [3.05, 3.63) is 29.3 Å². The van der Waals surface area contributed by atoms with Crippen LogP contribution in [0.3, 0.4) is 0 Å². The zero-order valence-electron chi connectivity index (χ0n) is 8.92. The summed E-state index contributed by atoms with van der Waals surface area (Å²) >= 11 is 0. The van der Waals surface area contributed by atoms with Gasteiger partial charge in [0.05, 0.1) is 6.42 Å². The number of carbonyl (C=O) groups is 1. The number of carboxylic acid groups (broad SMARTS) is 1. The number of hydrogen-bond donors (Lipinski definition) is 2. The monoisotopic (exact) mass is 230 g/mol. The molecule has 3 nitrogen and oxygen atoms in total. The number of aliphatic carboxylic acids is 1. The summed E-state index contributed by atoms with van der Waals surface area (Å²) in [7, 11) is 0. The Morgan fingerprint density at radius 1 is 1.31 bits per heavy atom. The minimum absolute atomic E-state index is 0.0196. The number of aromatic hydroxyl groups is 1. The second kappa shape index (κ2) is 4.08. The van der Waals surface area contributed by atoms with Gasteiger partial charge in [-0.05, 0) is 11.6 Å². The number of benzene rings is 1. The number of rotatable bonds is 3. The molecule has 0 aliphatic carbocycles. The molecule has 88 valence electrons. The van der Waals surface area contributed by atoms with Gasteiger partial charge in [-0.1, -0.05) is 13.8 Å². The second-order valence-electron chi connectivity index (χ2n) is 4.24. The summed E-state index contributed by atoms with van der Waals surface area (Å²) < 4.78 is 26.2. The first-order valence-electron chi connectivity index (χ1n) is 4.64. The van der Waals surface area contributed by atoms with Crippen molar-refractivity contribution in [3.8, 4) is 5.75 Å². The molecule has 0 aromatic heterocycles. The molecule has 0 radical (unpaired) electrons. The summed E-state index contributed by atoms with van der Waals surface area (Å²) in [6, 6.07) is 1.47. The molecule has 0 heterocycles. The third-order valence-corrected chi connectivity index (χ3v) is 2.36. The molecule has 0 saturated heterocycles. The van der Waals surface area contributed by atoms with Gasteiger partial charge in [0.2, 0.25) is 0 Å². The van der Waals surface area contributed by atoms with E-state index in [1.165, 1.54) is 13.8 Å². The van der Waals surface area contributed by atoms with Gasteiger partial charge in [0.15, 0.2) is 11.6 Å². The molecule has 2 N–H and O–H groups in total. The Kier molecular flexibility index (Phi) is 3.16. The fraction of sp³-hybridized carbons (Fsp3) is 0.364. The van der Waals surface area contributed by atoms with Crippen molar-refractivity contribution in [3.63, 3.8) is 0 Å². The van der Waals surface area contributed by atoms with Crippen molar-refractivity contribution in [2.45, 2.75) is 25.7 Å². The normalized spacial score (nSPS) is 11.5. The summed E-state index contributed by atoms with van der Waals surface area (Å²) in [6.07, 6.45) is -0.311. The minimum atomic E-state index is -1.09. The first-order valence-corrected chi connectivity index (χ1v) is 4.64. The molecule has 1 aromatic rings. The number of hydrogen-bond acceptors (Lipinski definition) is 2. The van der Waals surface area contributed by atoms with Gasteiger partial charge in [0, 0.05) is 11.5 Å². The maximum atomic E-state index is 13.4. The first kappa shape index (κ1) is 12.4. The fourth-order valence-corrected chi connectivity index (χ4v) is 1.53. The first-order chi connectivity index (χ1) is 7.24. The molecule has 0 saturated carbocycles. The summed E-state index contributed by atoms with van der Waals surface area (Å²) in [4.78, 5) is 10.6. The molecular formula is C11H12F2O3. The lowest BCUT2D eigenvalue weighted by atomic mass is 9.81. The van der Waals surface area contributed by atoms with Crippen molar-refractivity contribution in [1.82, 2.24) is 0 Å². The molecule has 0 amide bonds. The van der Waals surface area contributed by atoms with E-state index in [4.69, 9.17) is 10.2 Å². The molecule has 5 heteroatoms. The number of carboxylic acids is 1. The van der Waals surface area contributed by atoms with Gasteiger partial charge < -0.3 is 10.2 Å². The van der Waals surface area contributed by atoms with Crippen molar-refractivity contribution in [1.29, 1.82) is 0 Å². The van der Waals surface area contributed by atoms with Gasteiger partial charge >= 0.3 is 5.97 Å². The lowest BCUT2D eigenvalue weighted by Gasteiger charge is -2.23. The predicted octanol–water partition coefficient (Wildman–Crippen LogP) is 2.42. The summed E-state index contributed by atoms with van der Waals surface area (Å²) in [5, 5.41) is 17.8. The van der Waals surface area contributed by atoms with Gasteiger partial charge in [0.1, 0.15) is 5.82 Å². The Bertz CT molecular complexity index is 427. The molecule has 0 bridgehead atoms. The van der Waals surface area contributed by atoms with Crippen LogP contribution in [0.2, 0.25) is 0 Å². The molecule has 0 unspecified atom stereocenters. The topological polar surface area (TPSA) is 57.5 Å². The average Bonchev–Trinajstić information content (AvgIpc) is 2.08. The highest BCUT2D eigenvalue weighted by atomic mass is 19.1. The summed E-state index contributed by atoms with van der Waals surface area (Å²) in [6.45, 7) is 3.02. The highest BCUT2D eigenvalue weighted by Crippen LogP contribution is 2.32. The molecule has 0 aliphatic heterocycles. The van der Waals surface area contributed by atoms with Crippen LogP contribution in [-0.4, -0.2) is 16.2 Å². The molecule has 0 fully saturated rings. The third kappa shape index (κ3) is 2.48. The van der Waals surface area contributed by atoms with Crippen molar-refractivity contribution in [2.24, 2.45) is 0 Å². The Morgan fingerprint density at radius 2 is 1.88 bits per heavy atom. The lowest BCUT2D eigenvalue weighted by molar-refractivity contribution is -0.138. The predicted molar refractivity (Wildman–Crippen MR) is 53.3 cm³/mol. The van der Waals surface area contributed by atoms with Crippen LogP contribution in [0.15, 0.2) is 12.1 Å². The fourth-order valence-electron chi connectivity index (χ4n) is 1.53. The zero-order valence-corrected chi connectivity index (χ0v) is 8.92. The van der Waals surface area contributed by atoms with Crippen LogP contribution < -0.4 is 0 Å². The van der Waals surface area contributed by atoms with E-state index in [1.807, 2.05) is 0 Å². The standard InChI is InChI=1S/C11H12F2O3/c1-11(2,5-10(15)16)6-3-9(14)8(13)4-7(6)12/h3-4,14H,5H2,1-2H3,(H,15,16). The van der Waals surface area contributed by atoms with Gasteiger partial charge in [-0.25, -0.2) is 8.78 Å². The Morgan fingerprint density at radius 3 is 2.38 bits per heavy atom. The molecule has 0 atom stereocenters. The van der Waals surface area contributed by atoms with Crippen molar-refractivity contribution in [2.75, 3.05) is 0 Å². The Balaban J connectivity index is 3.22. The van der Waals surface area contributed by atoms with Crippen molar-refractivity contribution >= 4 is 5.97 Å². The molecule has 0 spiro atoms. The zero-order chi connectivity index (χ0) is 12.5. The van der Waals surface area contributed by atoms with E-state index in [2.05, 4.69) is 0 Å². The van der Waals surface area contributed by atoms with E-state index >= 15 is 0 Å². The largest absolute Gasteiger partial charge is 0.505 e. The number of phenolic OH excluding ortho intramolecular Hbond substituents is 1. The van der Waals surface area contributed by atoms with Crippen LogP contribution in [0.4, 0.5) is 8.78 Å². The molecule has 0 aliphatic rings. The van der Waals surface area contributed by atoms with Gasteiger partial charge in [-0.3, -0.25) is 4.79 Å². The minimum Gasteiger partial charge on any atom is -0.505 e. The third-order valence-electron chi connectivity index (χ3n) is 2.36. The maximum absolute atomic E-state index is 13.4. The number of phenols is 1. The highest BCUT2D eigenvalue weighted by molar-refractivity contribution is 5.69. The van der Waals surface area contributed by atoms with E-state index in [0.29, 0.717) is 6.07 Å². The van der Waals surface area contributed by atoms with Gasteiger partial charge in [-0.2, -0.15) is 0 Å². The van der Waals surface area contributed by atoms with Gasteiger partial charge in [-0.15, -0.1) is 0 Å².